The van der Waals surface area contributed by atoms with Crippen LogP contribution in [0.3, 0.4) is 0 Å². The van der Waals surface area contributed by atoms with E-state index in [-0.39, 0.29) is 0 Å². The average Bonchev–Trinajstić information content (AvgIpc) is 2.67. The fraction of sp³-hybridized carbons (Fsp3) is 0.407. The third kappa shape index (κ3) is 4.90. The minimum absolute atomic E-state index is 0.306. The first-order valence-corrected chi connectivity index (χ1v) is 11.3. The smallest absolute Gasteiger partial charge is 0.410 e. The summed E-state index contributed by atoms with van der Waals surface area (Å²) in [5.74, 6) is 0. The van der Waals surface area contributed by atoms with Crippen molar-refractivity contribution in [2.24, 2.45) is 0 Å². The van der Waals surface area contributed by atoms with Gasteiger partial charge in [-0.1, -0.05) is 48.5 Å². The number of hydrogen-bond acceptors (Lipinski definition) is 4. The van der Waals surface area contributed by atoms with E-state index in [1.54, 1.807) is 4.90 Å². The molecule has 0 radical (unpaired) electrons. The summed E-state index contributed by atoms with van der Waals surface area (Å²) >= 11 is 0. The van der Waals surface area contributed by atoms with Gasteiger partial charge in [0.05, 0.1) is 13.1 Å². The number of nitrogens with one attached hydrogen (secondary N) is 1. The number of ether oxygens (including phenoxy) is 2. The van der Waals surface area contributed by atoms with E-state index >= 15 is 0 Å². The molecule has 33 heavy (non-hydrogen) atoms. The van der Waals surface area contributed by atoms with Crippen molar-refractivity contribution >= 4 is 33.7 Å². The molecule has 6 nitrogen and oxygen atoms in total. The monoisotopic (exact) mass is 448 g/mol. The molecule has 0 atom stereocenters. The van der Waals surface area contributed by atoms with Gasteiger partial charge in [0, 0.05) is 0 Å². The normalized spacial score (nSPS) is 15.8. The van der Waals surface area contributed by atoms with Gasteiger partial charge < -0.3 is 19.7 Å². The van der Waals surface area contributed by atoms with Crippen molar-refractivity contribution in [3.05, 3.63) is 60.2 Å². The number of benzene rings is 3. The second-order valence-corrected chi connectivity index (χ2v) is 10.8. The number of nitrogens with zero attached hydrogens (tertiary/aromatic N) is 1. The molecule has 1 N–H and O–H groups in total. The lowest BCUT2D eigenvalue weighted by Crippen LogP contribution is -2.69. The number of carbonyl (C=O) groups excluding carboxylic acids is 2. The summed E-state index contributed by atoms with van der Waals surface area (Å²) in [7, 11) is 0. The van der Waals surface area contributed by atoms with Gasteiger partial charge in [-0.3, -0.25) is 0 Å². The predicted molar refractivity (Wildman–Crippen MR) is 130 cm³/mol. The van der Waals surface area contributed by atoms with Crippen molar-refractivity contribution < 1.29 is 19.1 Å². The number of likely N-dealkylation sites (tertiary alicyclic amines) is 1. The van der Waals surface area contributed by atoms with Crippen molar-refractivity contribution in [2.45, 2.75) is 58.3 Å². The number of carbonyl (C=O) groups is 2. The van der Waals surface area contributed by atoms with E-state index < -0.39 is 28.9 Å². The van der Waals surface area contributed by atoms with Crippen LogP contribution in [0, 0.1) is 0 Å². The summed E-state index contributed by atoms with van der Waals surface area (Å²) < 4.78 is 11.0. The Hall–Kier alpha value is -3.28. The zero-order valence-corrected chi connectivity index (χ0v) is 20.2. The highest BCUT2D eigenvalue weighted by Crippen LogP contribution is 2.36. The highest BCUT2D eigenvalue weighted by atomic mass is 16.6. The van der Waals surface area contributed by atoms with Crippen LogP contribution in [-0.4, -0.2) is 41.4 Å². The van der Waals surface area contributed by atoms with Crippen molar-refractivity contribution in [1.82, 2.24) is 10.2 Å². The molecule has 3 aromatic rings. The Morgan fingerprint density at radius 2 is 1.42 bits per heavy atom. The number of alkyl carbamates (subject to hydrolysis) is 1. The minimum atomic E-state index is -0.751. The minimum Gasteiger partial charge on any atom is -0.444 e. The van der Waals surface area contributed by atoms with Crippen molar-refractivity contribution in [2.75, 3.05) is 13.1 Å². The molecule has 3 aromatic carbocycles. The Bertz CT molecular complexity index is 1210. The van der Waals surface area contributed by atoms with Crippen LogP contribution in [0.2, 0.25) is 0 Å². The van der Waals surface area contributed by atoms with E-state index in [4.69, 9.17) is 9.47 Å². The quantitative estimate of drug-likeness (QED) is 0.491. The van der Waals surface area contributed by atoms with E-state index in [2.05, 4.69) is 41.7 Å². The highest BCUT2D eigenvalue weighted by Gasteiger charge is 2.49. The van der Waals surface area contributed by atoms with Gasteiger partial charge in [0.1, 0.15) is 16.7 Å². The van der Waals surface area contributed by atoms with Crippen LogP contribution >= 0.6 is 0 Å². The summed E-state index contributed by atoms with van der Waals surface area (Å²) in [6.45, 7) is 11.6. The Morgan fingerprint density at radius 3 is 2.09 bits per heavy atom. The summed E-state index contributed by atoms with van der Waals surface area (Å²) in [5.41, 5.74) is -1.03. The van der Waals surface area contributed by atoms with E-state index in [1.807, 2.05) is 59.7 Å². The maximum absolute atomic E-state index is 12.7. The number of amides is 2. The summed E-state index contributed by atoms with van der Waals surface area (Å²) in [5, 5.41) is 7.62. The Labute approximate surface area is 194 Å². The molecule has 6 heteroatoms. The van der Waals surface area contributed by atoms with Crippen LogP contribution in [0.1, 0.15) is 47.1 Å². The fourth-order valence-corrected chi connectivity index (χ4v) is 4.20. The molecule has 1 heterocycles. The van der Waals surface area contributed by atoms with Gasteiger partial charge >= 0.3 is 12.2 Å². The van der Waals surface area contributed by atoms with Crippen molar-refractivity contribution in [1.29, 1.82) is 0 Å². The van der Waals surface area contributed by atoms with Crippen LogP contribution in [0.4, 0.5) is 9.59 Å². The third-order valence-electron chi connectivity index (χ3n) is 5.61. The Balaban J connectivity index is 1.67. The molecule has 0 unspecified atom stereocenters. The molecular formula is C27H32N2O4. The molecule has 0 aliphatic carbocycles. The van der Waals surface area contributed by atoms with Crippen molar-refractivity contribution in [3.63, 3.8) is 0 Å². The van der Waals surface area contributed by atoms with E-state index in [0.717, 1.165) is 16.3 Å². The van der Waals surface area contributed by atoms with Crippen LogP contribution in [0.15, 0.2) is 54.6 Å². The lowest BCUT2D eigenvalue weighted by Gasteiger charge is -2.50. The predicted octanol–water partition coefficient (Wildman–Crippen LogP) is 5.96. The van der Waals surface area contributed by atoms with Gasteiger partial charge in [0.2, 0.25) is 0 Å². The lowest BCUT2D eigenvalue weighted by atomic mass is 9.81. The zero-order chi connectivity index (χ0) is 24.0. The Kier molecular flexibility index (Phi) is 5.51. The largest absolute Gasteiger partial charge is 0.444 e. The molecule has 1 aliphatic rings. The summed E-state index contributed by atoms with van der Waals surface area (Å²) in [6, 6.07) is 18.7. The third-order valence-corrected chi connectivity index (χ3v) is 5.61. The van der Waals surface area contributed by atoms with Gasteiger partial charge in [-0.15, -0.1) is 0 Å². The topological polar surface area (TPSA) is 67.9 Å². The van der Waals surface area contributed by atoms with Gasteiger partial charge in [-0.25, -0.2) is 9.59 Å². The lowest BCUT2D eigenvalue weighted by molar-refractivity contribution is -0.0229. The summed E-state index contributed by atoms with van der Waals surface area (Å²) in [4.78, 5) is 26.9. The van der Waals surface area contributed by atoms with Gasteiger partial charge in [-0.05, 0) is 74.7 Å². The van der Waals surface area contributed by atoms with E-state index in [1.165, 1.54) is 10.8 Å². The van der Waals surface area contributed by atoms with Gasteiger partial charge in [-0.2, -0.15) is 0 Å². The maximum Gasteiger partial charge on any atom is 0.410 e. The van der Waals surface area contributed by atoms with Crippen LogP contribution in [0.5, 0.6) is 0 Å². The fourth-order valence-electron chi connectivity index (χ4n) is 4.20. The van der Waals surface area contributed by atoms with Crippen LogP contribution in [0.25, 0.3) is 21.5 Å². The molecule has 0 saturated carbocycles. The number of rotatable bonds is 2. The van der Waals surface area contributed by atoms with Crippen molar-refractivity contribution in [3.8, 4) is 0 Å². The van der Waals surface area contributed by atoms with Gasteiger partial charge in [0.25, 0.3) is 0 Å². The highest BCUT2D eigenvalue weighted by molar-refractivity contribution is 6.07. The number of fused-ring (bicyclic) bond motifs is 3. The molecule has 4 rings (SSSR count). The molecule has 1 aliphatic heterocycles. The van der Waals surface area contributed by atoms with Crippen LogP contribution < -0.4 is 5.32 Å². The summed E-state index contributed by atoms with van der Waals surface area (Å²) in [6.07, 6.45) is -0.902. The molecular weight excluding hydrogens is 416 g/mol. The van der Waals surface area contributed by atoms with E-state index in [9.17, 15) is 9.59 Å². The Morgan fingerprint density at radius 1 is 0.818 bits per heavy atom. The first kappa shape index (κ1) is 22.9. The first-order chi connectivity index (χ1) is 15.4. The standard InChI is InChI=1S/C27H32N2O4/c1-25(2,3)32-23(30)28-27(16-29(17-27)24(31)33-26(4,5)6)20-13-14-22-19(15-20)12-11-18-9-7-8-10-21(18)22/h7-15H,16-17H2,1-6H3,(H,28,30). The zero-order valence-electron chi connectivity index (χ0n) is 20.2. The average molecular weight is 449 g/mol. The molecule has 174 valence electrons. The molecule has 1 fully saturated rings. The van der Waals surface area contributed by atoms with Gasteiger partial charge in [0.15, 0.2) is 0 Å². The molecule has 0 spiro atoms. The first-order valence-electron chi connectivity index (χ1n) is 11.3. The maximum atomic E-state index is 12.7. The van der Waals surface area contributed by atoms with Crippen LogP contribution in [-0.2, 0) is 15.0 Å². The van der Waals surface area contributed by atoms with E-state index in [0.29, 0.717) is 13.1 Å². The molecule has 0 aromatic heterocycles. The molecule has 0 bridgehead atoms. The molecule has 2 amide bonds. The second kappa shape index (κ2) is 7.94. The second-order valence-electron chi connectivity index (χ2n) is 10.8. The molecule has 1 saturated heterocycles. The SMILES string of the molecule is CC(C)(C)OC(=O)NC1(c2ccc3c(ccc4ccccc43)c2)CN(C(=O)OC(C)(C)C)C1. The number of hydrogen-bond donors (Lipinski definition) is 1.